The van der Waals surface area contributed by atoms with Crippen molar-refractivity contribution in [3.63, 3.8) is 0 Å². The summed E-state index contributed by atoms with van der Waals surface area (Å²) in [4.78, 5) is 0. The third kappa shape index (κ3) is 4.22. The first-order valence-electron chi connectivity index (χ1n) is 8.24. The standard InChI is InChI=1S/C20H23OSi.2ClH.Zr/c1-4-18-19-8-6-5-7-15(19)14-20(18)16-9-10-17(13-16)22(2,3)12-11-21;;;/h4-8,10,13,21H,9,11-12H2,1-3H3;2*1H;/q;;;+2/p-2. The number of hydrogen-bond acceptors (Lipinski definition) is 1. The molecule has 1 aromatic carbocycles. The van der Waals surface area contributed by atoms with Gasteiger partial charge < -0.3 is 24.8 Å². The fraction of sp³-hybridized carbons (Fsp3) is 0.300. The van der Waals surface area contributed by atoms with Crippen LogP contribution in [-0.4, -0.2) is 19.8 Å². The van der Waals surface area contributed by atoms with Gasteiger partial charge in [-0.15, -0.1) is 0 Å². The molecule has 0 bridgehead atoms. The van der Waals surface area contributed by atoms with Crippen molar-refractivity contribution >= 4 is 16.9 Å². The number of benzene rings is 1. The minimum Gasteiger partial charge on any atom is -1.00 e. The Labute approximate surface area is 179 Å². The summed E-state index contributed by atoms with van der Waals surface area (Å²) in [7, 11) is -1.50. The third-order valence-corrected chi connectivity index (χ3v) is 9.67. The number of aliphatic hydroxyl groups is 1. The van der Waals surface area contributed by atoms with Gasteiger partial charge in [0, 0.05) is 0 Å². The van der Waals surface area contributed by atoms with Crippen LogP contribution >= 0.6 is 0 Å². The summed E-state index contributed by atoms with van der Waals surface area (Å²) in [6, 6.07) is 9.73. The van der Waals surface area contributed by atoms with E-state index < -0.39 is 8.07 Å². The zero-order valence-electron chi connectivity index (χ0n) is 14.9. The van der Waals surface area contributed by atoms with Gasteiger partial charge in [-0.2, -0.15) is 0 Å². The summed E-state index contributed by atoms with van der Waals surface area (Å²) in [5, 5.41) is 10.9. The second kappa shape index (κ2) is 9.15. The van der Waals surface area contributed by atoms with E-state index >= 15 is 0 Å². The number of fused-ring (bicyclic) bond motifs is 1. The molecule has 0 unspecified atom stereocenters. The molecule has 0 spiro atoms. The SMILES string of the molecule is CC=C1C(C2=CC([Si](C)(C)CCO)=CC2)=[C]([Zr+2])c2ccccc21.[Cl-].[Cl-]. The summed E-state index contributed by atoms with van der Waals surface area (Å²) < 4.78 is 1.49. The van der Waals surface area contributed by atoms with E-state index in [4.69, 9.17) is 0 Å². The maximum Gasteiger partial charge on any atom is -1.00 e. The molecule has 25 heavy (non-hydrogen) atoms. The first kappa shape index (κ1) is 22.9. The molecule has 0 saturated carbocycles. The van der Waals surface area contributed by atoms with E-state index in [1.807, 2.05) is 0 Å². The molecular formula is C20H23Cl2OSiZr. The summed E-state index contributed by atoms with van der Waals surface area (Å²) in [6.45, 7) is 7.18. The third-order valence-electron chi connectivity index (χ3n) is 5.01. The Hall–Kier alpha value is -0.180. The first-order chi connectivity index (χ1) is 11.0. The molecule has 2 aliphatic carbocycles. The van der Waals surface area contributed by atoms with E-state index in [0.717, 1.165) is 12.5 Å². The zero-order valence-corrected chi connectivity index (χ0v) is 19.8. The molecule has 5 heteroatoms. The van der Waals surface area contributed by atoms with Crippen molar-refractivity contribution in [2.24, 2.45) is 0 Å². The molecule has 2 aliphatic rings. The molecule has 3 rings (SSSR count). The molecular weight excluding hydrogens is 446 g/mol. The quantitative estimate of drug-likeness (QED) is 0.554. The normalized spacial score (nSPS) is 17.8. The van der Waals surface area contributed by atoms with Gasteiger partial charge in [0.05, 0.1) is 0 Å². The van der Waals surface area contributed by atoms with Crippen molar-refractivity contribution in [3.8, 4) is 0 Å². The average Bonchev–Trinajstić information content (AvgIpc) is 3.11. The molecule has 0 aromatic heterocycles. The number of halogens is 2. The van der Waals surface area contributed by atoms with Crippen LogP contribution in [0, 0.1) is 0 Å². The van der Waals surface area contributed by atoms with Crippen LogP contribution in [0.15, 0.2) is 58.8 Å². The van der Waals surface area contributed by atoms with Crippen LogP contribution in [0.4, 0.5) is 0 Å². The Balaban J connectivity index is 0.00000156. The van der Waals surface area contributed by atoms with Gasteiger partial charge in [0.15, 0.2) is 0 Å². The Bertz CT molecular complexity index is 776. The topological polar surface area (TPSA) is 20.2 Å². The monoisotopic (exact) mass is 467 g/mol. The van der Waals surface area contributed by atoms with E-state index in [1.54, 1.807) is 0 Å². The molecule has 1 aromatic rings. The molecule has 131 valence electrons. The maximum atomic E-state index is 9.35. The fourth-order valence-corrected chi connectivity index (χ4v) is 6.90. The van der Waals surface area contributed by atoms with Gasteiger partial charge in [0.2, 0.25) is 0 Å². The number of aliphatic hydroxyl groups excluding tert-OH is 1. The van der Waals surface area contributed by atoms with Crippen molar-refractivity contribution in [3.05, 3.63) is 70.0 Å². The summed E-state index contributed by atoms with van der Waals surface area (Å²) >= 11 is 1.49. The summed E-state index contributed by atoms with van der Waals surface area (Å²) in [5.74, 6) is 0. The van der Waals surface area contributed by atoms with Crippen LogP contribution < -0.4 is 24.8 Å². The van der Waals surface area contributed by atoms with Gasteiger partial charge in [-0.25, -0.2) is 0 Å². The largest absolute Gasteiger partial charge is 1.00 e. The van der Waals surface area contributed by atoms with Crippen molar-refractivity contribution in [1.82, 2.24) is 0 Å². The summed E-state index contributed by atoms with van der Waals surface area (Å²) in [6.07, 6.45) is 8.14. The second-order valence-corrected chi connectivity index (χ2v) is 13.0. The smallest absolute Gasteiger partial charge is 1.00 e. The Morgan fingerprint density at radius 3 is 2.40 bits per heavy atom. The Morgan fingerprint density at radius 1 is 1.16 bits per heavy atom. The van der Waals surface area contributed by atoms with Crippen molar-refractivity contribution in [2.75, 3.05) is 6.61 Å². The van der Waals surface area contributed by atoms with Crippen molar-refractivity contribution in [2.45, 2.75) is 32.5 Å². The van der Waals surface area contributed by atoms with E-state index in [2.05, 4.69) is 62.5 Å². The summed E-state index contributed by atoms with van der Waals surface area (Å²) in [5.41, 5.74) is 7.13. The first-order valence-corrected chi connectivity index (χ1v) is 12.7. The van der Waals surface area contributed by atoms with Gasteiger partial charge in [-0.1, -0.05) is 0 Å². The van der Waals surface area contributed by atoms with Gasteiger partial charge >= 0.3 is 156 Å². The Kier molecular flexibility index (Phi) is 8.37. The van der Waals surface area contributed by atoms with E-state index in [1.165, 1.54) is 61.0 Å². The zero-order chi connectivity index (χ0) is 16.6. The number of hydrogen-bond donors (Lipinski definition) is 1. The predicted molar refractivity (Wildman–Crippen MR) is 97.2 cm³/mol. The Morgan fingerprint density at radius 2 is 1.80 bits per heavy atom. The van der Waals surface area contributed by atoms with Gasteiger partial charge in [-0.3, -0.25) is 0 Å². The van der Waals surface area contributed by atoms with Crippen LogP contribution in [0.25, 0.3) is 8.85 Å². The van der Waals surface area contributed by atoms with Gasteiger partial charge in [-0.05, 0) is 0 Å². The molecule has 1 nitrogen and oxygen atoms in total. The van der Waals surface area contributed by atoms with Crippen molar-refractivity contribution in [1.29, 1.82) is 0 Å². The average molecular weight is 470 g/mol. The molecule has 1 N–H and O–H groups in total. The minimum absolute atomic E-state index is 0. The van der Waals surface area contributed by atoms with Crippen LogP contribution in [-0.2, 0) is 24.7 Å². The molecule has 0 amide bonds. The minimum atomic E-state index is -1.50. The molecule has 0 atom stereocenters. The molecule has 0 radical (unpaired) electrons. The number of rotatable bonds is 4. The molecule has 0 aliphatic heterocycles. The second-order valence-electron chi connectivity index (χ2n) is 6.89. The van der Waals surface area contributed by atoms with E-state index in [9.17, 15) is 5.11 Å². The molecule has 0 saturated heterocycles. The maximum absolute atomic E-state index is 9.35. The molecule has 0 fully saturated rings. The van der Waals surface area contributed by atoms with E-state index in [0.29, 0.717) is 6.61 Å². The van der Waals surface area contributed by atoms with Crippen molar-refractivity contribution < 1.29 is 54.6 Å². The van der Waals surface area contributed by atoms with Crippen LogP contribution in [0.2, 0.25) is 19.1 Å². The molecule has 0 heterocycles. The van der Waals surface area contributed by atoms with Crippen LogP contribution in [0.1, 0.15) is 24.5 Å². The predicted octanol–water partition coefficient (Wildman–Crippen LogP) is -1.13. The van der Waals surface area contributed by atoms with Gasteiger partial charge in [0.25, 0.3) is 0 Å². The number of allylic oxidation sites excluding steroid dienone is 7. The van der Waals surface area contributed by atoms with E-state index in [-0.39, 0.29) is 24.8 Å². The van der Waals surface area contributed by atoms with Crippen LogP contribution in [0.5, 0.6) is 0 Å². The fourth-order valence-electron chi connectivity index (χ4n) is 3.57. The van der Waals surface area contributed by atoms with Crippen LogP contribution in [0.3, 0.4) is 0 Å². The van der Waals surface area contributed by atoms with Gasteiger partial charge in [0.1, 0.15) is 0 Å².